The quantitative estimate of drug-likeness (QED) is 0.875. The molecule has 0 spiro atoms. The first kappa shape index (κ1) is 15.5. The molecule has 1 saturated carbocycles. The minimum Gasteiger partial charge on any atom is -0.392 e. The maximum atomic E-state index is 12.2. The number of nitrogens with one attached hydrogen (secondary N) is 1. The lowest BCUT2D eigenvalue weighted by atomic mass is 9.92. The third-order valence-electron chi connectivity index (χ3n) is 3.85. The lowest BCUT2D eigenvalue weighted by molar-refractivity contribution is 0.281. The van der Waals surface area contributed by atoms with Gasteiger partial charge < -0.3 is 5.11 Å². The van der Waals surface area contributed by atoms with Crippen molar-refractivity contribution in [3.05, 3.63) is 35.4 Å². The van der Waals surface area contributed by atoms with E-state index in [-0.39, 0.29) is 23.8 Å². The van der Waals surface area contributed by atoms with Crippen molar-refractivity contribution in [3.8, 4) is 0 Å². The number of hydrogen-bond donors (Lipinski definition) is 2. The fraction of sp³-hybridized carbons (Fsp3) is 0.600. The standard InChI is InChI=1S/C15H23NO3S/c1-15(2)7-6-14(9-15)16-20(18,19)11-13-5-3-4-12(8-13)10-17/h3-5,8,14,16-17H,6-7,9-11H2,1-2H3. The minimum atomic E-state index is -3.32. The molecule has 0 amide bonds. The number of aliphatic hydroxyl groups excluding tert-OH is 1. The van der Waals surface area contributed by atoms with Crippen LogP contribution >= 0.6 is 0 Å². The molecule has 1 aromatic rings. The van der Waals surface area contributed by atoms with E-state index in [0.29, 0.717) is 5.56 Å². The second-order valence-corrected chi connectivity index (χ2v) is 8.21. The van der Waals surface area contributed by atoms with Gasteiger partial charge in [-0.3, -0.25) is 0 Å². The summed E-state index contributed by atoms with van der Waals surface area (Å²) in [6, 6.07) is 7.11. The molecular weight excluding hydrogens is 274 g/mol. The Balaban J connectivity index is 2.00. The Morgan fingerprint density at radius 3 is 2.65 bits per heavy atom. The Morgan fingerprint density at radius 2 is 2.05 bits per heavy atom. The Labute approximate surface area is 121 Å². The van der Waals surface area contributed by atoms with Gasteiger partial charge in [0, 0.05) is 6.04 Å². The summed E-state index contributed by atoms with van der Waals surface area (Å²) in [7, 11) is -3.32. The van der Waals surface area contributed by atoms with E-state index < -0.39 is 10.0 Å². The molecule has 0 radical (unpaired) electrons. The zero-order chi connectivity index (χ0) is 14.8. The summed E-state index contributed by atoms with van der Waals surface area (Å²) < 4.78 is 27.2. The molecule has 5 heteroatoms. The van der Waals surface area contributed by atoms with Gasteiger partial charge in [-0.05, 0) is 35.8 Å². The van der Waals surface area contributed by atoms with Crippen LogP contribution in [0.4, 0.5) is 0 Å². The van der Waals surface area contributed by atoms with E-state index in [1.807, 2.05) is 0 Å². The smallest absolute Gasteiger partial charge is 0.216 e. The van der Waals surface area contributed by atoms with E-state index in [1.165, 1.54) is 0 Å². The Morgan fingerprint density at radius 1 is 1.35 bits per heavy atom. The Bertz CT molecular complexity index is 566. The molecule has 0 saturated heterocycles. The number of hydrogen-bond acceptors (Lipinski definition) is 3. The molecule has 1 aliphatic carbocycles. The lowest BCUT2D eigenvalue weighted by Gasteiger charge is -2.18. The first-order valence-electron chi connectivity index (χ1n) is 6.98. The molecule has 1 atom stereocenters. The van der Waals surface area contributed by atoms with Crippen LogP contribution in [0.1, 0.15) is 44.2 Å². The second kappa shape index (κ2) is 5.84. The minimum absolute atomic E-state index is 0.0300. The molecule has 0 aliphatic heterocycles. The zero-order valence-corrected chi connectivity index (χ0v) is 12.9. The van der Waals surface area contributed by atoms with Crippen LogP contribution in [0.15, 0.2) is 24.3 Å². The third-order valence-corrected chi connectivity index (χ3v) is 5.25. The summed E-state index contributed by atoms with van der Waals surface area (Å²) in [6.45, 7) is 4.27. The van der Waals surface area contributed by atoms with Crippen LogP contribution in [0.5, 0.6) is 0 Å². The molecule has 1 aliphatic rings. The summed E-state index contributed by atoms with van der Waals surface area (Å²) in [5.74, 6) is -0.0300. The summed E-state index contributed by atoms with van der Waals surface area (Å²) in [4.78, 5) is 0. The van der Waals surface area contributed by atoms with E-state index in [4.69, 9.17) is 5.11 Å². The summed E-state index contributed by atoms with van der Waals surface area (Å²) >= 11 is 0. The predicted octanol–water partition coefficient (Wildman–Crippen LogP) is 2.18. The van der Waals surface area contributed by atoms with Gasteiger partial charge >= 0.3 is 0 Å². The number of benzene rings is 1. The average Bonchev–Trinajstić information content (AvgIpc) is 2.67. The highest BCUT2D eigenvalue weighted by atomic mass is 32.2. The van der Waals surface area contributed by atoms with Crippen LogP contribution in [0.25, 0.3) is 0 Å². The van der Waals surface area contributed by atoms with Crippen LogP contribution < -0.4 is 4.72 Å². The van der Waals surface area contributed by atoms with Crippen molar-refractivity contribution in [1.29, 1.82) is 0 Å². The van der Waals surface area contributed by atoms with Crippen LogP contribution in [0.3, 0.4) is 0 Å². The number of sulfonamides is 1. The molecule has 0 bridgehead atoms. The van der Waals surface area contributed by atoms with Crippen molar-refractivity contribution < 1.29 is 13.5 Å². The van der Waals surface area contributed by atoms with Gasteiger partial charge in [-0.25, -0.2) is 13.1 Å². The van der Waals surface area contributed by atoms with Crippen molar-refractivity contribution in [2.45, 2.75) is 51.5 Å². The molecule has 0 heterocycles. The molecule has 112 valence electrons. The zero-order valence-electron chi connectivity index (χ0n) is 12.1. The summed E-state index contributed by atoms with van der Waals surface area (Å²) in [5.41, 5.74) is 1.67. The first-order valence-corrected chi connectivity index (χ1v) is 8.64. The second-order valence-electron chi connectivity index (χ2n) is 6.46. The van der Waals surface area contributed by atoms with Crippen LogP contribution in [-0.2, 0) is 22.4 Å². The highest BCUT2D eigenvalue weighted by Crippen LogP contribution is 2.37. The van der Waals surface area contributed by atoms with Crippen molar-refractivity contribution in [3.63, 3.8) is 0 Å². The third kappa shape index (κ3) is 4.30. The first-order chi connectivity index (χ1) is 9.30. The molecule has 2 N–H and O–H groups in total. The van der Waals surface area contributed by atoms with Gasteiger partial charge in [-0.1, -0.05) is 38.1 Å². The molecule has 1 aromatic carbocycles. The Kier molecular flexibility index (Phi) is 4.52. The predicted molar refractivity (Wildman–Crippen MR) is 79.5 cm³/mol. The molecular formula is C15H23NO3S. The van der Waals surface area contributed by atoms with Crippen molar-refractivity contribution >= 4 is 10.0 Å². The topological polar surface area (TPSA) is 66.4 Å². The van der Waals surface area contributed by atoms with E-state index >= 15 is 0 Å². The van der Waals surface area contributed by atoms with Crippen molar-refractivity contribution in [1.82, 2.24) is 4.72 Å². The van der Waals surface area contributed by atoms with Gasteiger partial charge in [-0.15, -0.1) is 0 Å². The molecule has 20 heavy (non-hydrogen) atoms. The van der Waals surface area contributed by atoms with Crippen LogP contribution in [0.2, 0.25) is 0 Å². The Hall–Kier alpha value is -0.910. The van der Waals surface area contributed by atoms with Gasteiger partial charge in [0.15, 0.2) is 0 Å². The summed E-state index contributed by atoms with van der Waals surface area (Å²) in [6.07, 6.45) is 2.85. The average molecular weight is 297 g/mol. The van der Waals surface area contributed by atoms with Crippen molar-refractivity contribution in [2.75, 3.05) is 0 Å². The summed E-state index contributed by atoms with van der Waals surface area (Å²) in [5, 5.41) is 9.08. The molecule has 4 nitrogen and oxygen atoms in total. The van der Waals surface area contributed by atoms with Gasteiger partial charge in [0.25, 0.3) is 0 Å². The van der Waals surface area contributed by atoms with Gasteiger partial charge in [-0.2, -0.15) is 0 Å². The highest BCUT2D eigenvalue weighted by Gasteiger charge is 2.33. The van der Waals surface area contributed by atoms with Gasteiger partial charge in [0.05, 0.1) is 12.4 Å². The van der Waals surface area contributed by atoms with Crippen LogP contribution in [0, 0.1) is 5.41 Å². The molecule has 1 unspecified atom stereocenters. The van der Waals surface area contributed by atoms with Crippen LogP contribution in [-0.4, -0.2) is 19.6 Å². The normalized spacial score (nSPS) is 22.1. The maximum absolute atomic E-state index is 12.2. The molecule has 0 aromatic heterocycles. The van der Waals surface area contributed by atoms with E-state index in [1.54, 1.807) is 24.3 Å². The number of rotatable bonds is 5. The molecule has 2 rings (SSSR count). The van der Waals surface area contributed by atoms with E-state index in [9.17, 15) is 8.42 Å². The van der Waals surface area contributed by atoms with E-state index in [0.717, 1.165) is 24.8 Å². The van der Waals surface area contributed by atoms with E-state index in [2.05, 4.69) is 18.6 Å². The van der Waals surface area contributed by atoms with Gasteiger partial charge in [0.1, 0.15) is 0 Å². The fourth-order valence-corrected chi connectivity index (χ4v) is 4.28. The number of aliphatic hydroxyl groups is 1. The molecule has 1 fully saturated rings. The fourth-order valence-electron chi connectivity index (χ4n) is 2.87. The van der Waals surface area contributed by atoms with Crippen molar-refractivity contribution in [2.24, 2.45) is 5.41 Å². The lowest BCUT2D eigenvalue weighted by Crippen LogP contribution is -2.34. The van der Waals surface area contributed by atoms with Gasteiger partial charge in [0.2, 0.25) is 10.0 Å². The monoisotopic (exact) mass is 297 g/mol. The largest absolute Gasteiger partial charge is 0.392 e. The SMILES string of the molecule is CC1(C)CCC(NS(=O)(=O)Cc2cccc(CO)c2)C1. The maximum Gasteiger partial charge on any atom is 0.216 e. The highest BCUT2D eigenvalue weighted by molar-refractivity contribution is 7.88.